The van der Waals surface area contributed by atoms with Gasteiger partial charge in [0.15, 0.2) is 0 Å². The largest absolute Gasteiger partial charge is 0.346 e. The van der Waals surface area contributed by atoms with Crippen molar-refractivity contribution in [3.8, 4) is 0 Å². The fourth-order valence-corrected chi connectivity index (χ4v) is 1.47. The molecule has 0 aliphatic carbocycles. The number of nitrogens with one attached hydrogen (secondary N) is 1. The number of nitrogens with zero attached hydrogens (tertiary/aromatic N) is 1. The van der Waals surface area contributed by atoms with Crippen LogP contribution in [0.1, 0.15) is 35.6 Å². The lowest BCUT2D eigenvalue weighted by Gasteiger charge is -2.23. The average molecular weight is 285 g/mol. The maximum Gasteiger partial charge on any atom is 0.253 e. The molecule has 0 saturated carbocycles. The molecule has 1 rings (SSSR count). The van der Waals surface area contributed by atoms with Crippen LogP contribution < -0.4 is 5.32 Å². The second kappa shape index (κ2) is 4.95. The molecule has 0 radical (unpaired) electrons. The molecule has 0 fully saturated rings. The molecule has 1 aromatic rings. The molecule has 0 unspecified atom stereocenters. The third-order valence-corrected chi connectivity index (χ3v) is 3.66. The number of halogens is 1. The highest BCUT2D eigenvalue weighted by Crippen LogP contribution is 2.11. The SMILES string of the molecule is Cc1ccc(C(=O)NC(C)(C)CBr)c(C)n1. The van der Waals surface area contributed by atoms with E-state index in [9.17, 15) is 4.79 Å². The zero-order chi connectivity index (χ0) is 12.3. The number of carbonyl (C=O) groups excluding carboxylic acids is 1. The van der Waals surface area contributed by atoms with Gasteiger partial charge in [-0.3, -0.25) is 9.78 Å². The molecule has 1 amide bonds. The molecule has 4 heteroatoms. The summed E-state index contributed by atoms with van der Waals surface area (Å²) in [6, 6.07) is 3.67. The summed E-state index contributed by atoms with van der Waals surface area (Å²) >= 11 is 3.37. The van der Waals surface area contributed by atoms with Crippen LogP contribution in [0.4, 0.5) is 0 Å². The number of hydrogen-bond acceptors (Lipinski definition) is 2. The van der Waals surface area contributed by atoms with E-state index in [1.807, 2.05) is 39.8 Å². The third-order valence-electron chi connectivity index (χ3n) is 2.26. The minimum Gasteiger partial charge on any atom is -0.346 e. The Morgan fingerprint density at radius 3 is 2.56 bits per heavy atom. The van der Waals surface area contributed by atoms with E-state index in [-0.39, 0.29) is 11.4 Å². The van der Waals surface area contributed by atoms with Gasteiger partial charge >= 0.3 is 0 Å². The zero-order valence-corrected chi connectivity index (χ0v) is 11.7. The molecule has 0 aromatic carbocycles. The van der Waals surface area contributed by atoms with Gasteiger partial charge in [-0.15, -0.1) is 0 Å². The van der Waals surface area contributed by atoms with E-state index in [0.29, 0.717) is 10.9 Å². The third kappa shape index (κ3) is 3.30. The average Bonchev–Trinajstić information content (AvgIpc) is 2.16. The first-order chi connectivity index (χ1) is 7.35. The van der Waals surface area contributed by atoms with Crippen LogP contribution in [0.3, 0.4) is 0 Å². The molecule has 0 bridgehead atoms. The first-order valence-electron chi connectivity index (χ1n) is 5.18. The summed E-state index contributed by atoms with van der Waals surface area (Å²) in [6.45, 7) is 7.70. The Bertz CT molecular complexity index is 402. The monoisotopic (exact) mass is 284 g/mol. The van der Waals surface area contributed by atoms with Gasteiger partial charge in [-0.1, -0.05) is 15.9 Å². The van der Waals surface area contributed by atoms with E-state index in [2.05, 4.69) is 26.2 Å². The topological polar surface area (TPSA) is 42.0 Å². The Kier molecular flexibility index (Phi) is 4.08. The minimum atomic E-state index is -0.256. The standard InChI is InChI=1S/C12H17BrN2O/c1-8-5-6-10(9(2)14-8)11(16)15-12(3,4)7-13/h5-6H,7H2,1-4H3,(H,15,16). The lowest BCUT2D eigenvalue weighted by molar-refractivity contribution is 0.0920. The fraction of sp³-hybridized carbons (Fsp3) is 0.500. The molecule has 0 spiro atoms. The molecule has 3 nitrogen and oxygen atoms in total. The highest BCUT2D eigenvalue weighted by molar-refractivity contribution is 9.09. The molecular weight excluding hydrogens is 268 g/mol. The number of rotatable bonds is 3. The Balaban J connectivity index is 2.89. The lowest BCUT2D eigenvalue weighted by Crippen LogP contribution is -2.45. The predicted molar refractivity (Wildman–Crippen MR) is 69.1 cm³/mol. The number of aryl methyl sites for hydroxylation is 2. The Hall–Kier alpha value is -0.900. The number of alkyl halides is 1. The van der Waals surface area contributed by atoms with Crippen molar-refractivity contribution in [2.75, 3.05) is 5.33 Å². The molecule has 1 aromatic heterocycles. The highest BCUT2D eigenvalue weighted by atomic mass is 79.9. The van der Waals surface area contributed by atoms with E-state index in [0.717, 1.165) is 11.4 Å². The molecular formula is C12H17BrN2O. The van der Waals surface area contributed by atoms with Crippen molar-refractivity contribution in [3.05, 3.63) is 29.1 Å². The van der Waals surface area contributed by atoms with Gasteiger partial charge in [0.05, 0.1) is 11.3 Å². The van der Waals surface area contributed by atoms with Crippen LogP contribution in [0.15, 0.2) is 12.1 Å². The van der Waals surface area contributed by atoms with Gasteiger partial charge in [0, 0.05) is 16.6 Å². The second-order valence-corrected chi connectivity index (χ2v) is 5.12. The summed E-state index contributed by atoms with van der Waals surface area (Å²) in [7, 11) is 0. The highest BCUT2D eigenvalue weighted by Gasteiger charge is 2.20. The summed E-state index contributed by atoms with van der Waals surface area (Å²) < 4.78 is 0. The molecule has 1 N–H and O–H groups in total. The van der Waals surface area contributed by atoms with Gasteiger partial charge in [0.2, 0.25) is 0 Å². The molecule has 0 atom stereocenters. The lowest BCUT2D eigenvalue weighted by atomic mass is 10.1. The number of carbonyl (C=O) groups is 1. The van der Waals surface area contributed by atoms with Crippen molar-refractivity contribution in [2.24, 2.45) is 0 Å². The summed E-state index contributed by atoms with van der Waals surface area (Å²) in [5.41, 5.74) is 2.07. The Labute approximate surface area is 105 Å². The van der Waals surface area contributed by atoms with E-state index in [1.165, 1.54) is 0 Å². The fourth-order valence-electron chi connectivity index (χ4n) is 1.33. The van der Waals surface area contributed by atoms with Gasteiger partial charge in [0.25, 0.3) is 5.91 Å². The molecule has 16 heavy (non-hydrogen) atoms. The van der Waals surface area contributed by atoms with Crippen molar-refractivity contribution in [1.29, 1.82) is 0 Å². The van der Waals surface area contributed by atoms with Crippen LogP contribution in [0.5, 0.6) is 0 Å². The normalized spacial score (nSPS) is 11.3. The van der Waals surface area contributed by atoms with Crippen LogP contribution in [-0.2, 0) is 0 Å². The van der Waals surface area contributed by atoms with Crippen molar-refractivity contribution >= 4 is 21.8 Å². The molecule has 88 valence electrons. The molecule has 0 aliphatic rings. The van der Waals surface area contributed by atoms with Gasteiger partial charge in [-0.25, -0.2) is 0 Å². The van der Waals surface area contributed by atoms with Crippen molar-refractivity contribution in [3.63, 3.8) is 0 Å². The Morgan fingerprint density at radius 1 is 1.44 bits per heavy atom. The van der Waals surface area contributed by atoms with Gasteiger partial charge in [-0.2, -0.15) is 0 Å². The van der Waals surface area contributed by atoms with Crippen LogP contribution >= 0.6 is 15.9 Å². The van der Waals surface area contributed by atoms with Gasteiger partial charge < -0.3 is 5.32 Å². The van der Waals surface area contributed by atoms with E-state index in [1.54, 1.807) is 0 Å². The van der Waals surface area contributed by atoms with E-state index >= 15 is 0 Å². The van der Waals surface area contributed by atoms with Gasteiger partial charge in [0.1, 0.15) is 0 Å². The number of pyridine rings is 1. The Morgan fingerprint density at radius 2 is 2.06 bits per heavy atom. The maximum absolute atomic E-state index is 12.0. The summed E-state index contributed by atoms with van der Waals surface area (Å²) in [6.07, 6.45) is 0. The van der Waals surface area contributed by atoms with Crippen LogP contribution in [0.25, 0.3) is 0 Å². The van der Waals surface area contributed by atoms with Crippen molar-refractivity contribution in [1.82, 2.24) is 10.3 Å². The summed E-state index contributed by atoms with van der Waals surface area (Å²) in [5.74, 6) is -0.0746. The zero-order valence-electron chi connectivity index (χ0n) is 10.1. The maximum atomic E-state index is 12.0. The number of amides is 1. The predicted octanol–water partition coefficient (Wildman–Crippen LogP) is 2.60. The summed E-state index contributed by atoms with van der Waals surface area (Å²) in [5, 5.41) is 3.67. The molecule has 0 aliphatic heterocycles. The van der Waals surface area contributed by atoms with Crippen LogP contribution in [0, 0.1) is 13.8 Å². The van der Waals surface area contributed by atoms with Crippen molar-refractivity contribution in [2.45, 2.75) is 33.2 Å². The molecule has 0 saturated heterocycles. The first-order valence-corrected chi connectivity index (χ1v) is 6.30. The van der Waals surface area contributed by atoms with Crippen LogP contribution in [-0.4, -0.2) is 21.8 Å². The quantitative estimate of drug-likeness (QED) is 0.867. The van der Waals surface area contributed by atoms with E-state index in [4.69, 9.17) is 0 Å². The molecule has 1 heterocycles. The van der Waals surface area contributed by atoms with Crippen LogP contribution in [0.2, 0.25) is 0 Å². The summed E-state index contributed by atoms with van der Waals surface area (Å²) in [4.78, 5) is 16.3. The van der Waals surface area contributed by atoms with E-state index < -0.39 is 0 Å². The van der Waals surface area contributed by atoms with Gasteiger partial charge in [-0.05, 0) is 39.8 Å². The minimum absolute atomic E-state index is 0.0746. The van der Waals surface area contributed by atoms with Crippen molar-refractivity contribution < 1.29 is 4.79 Å². The first kappa shape index (κ1) is 13.2. The second-order valence-electron chi connectivity index (χ2n) is 4.56. The number of hydrogen-bond donors (Lipinski definition) is 1. The smallest absolute Gasteiger partial charge is 0.253 e. The number of aromatic nitrogens is 1.